The van der Waals surface area contributed by atoms with Crippen LogP contribution in [0.2, 0.25) is 0 Å². The van der Waals surface area contributed by atoms with E-state index in [2.05, 4.69) is 0 Å². The van der Waals surface area contributed by atoms with Crippen molar-refractivity contribution >= 4 is 11.9 Å². The van der Waals surface area contributed by atoms with Crippen molar-refractivity contribution in [2.24, 2.45) is 0 Å². The van der Waals surface area contributed by atoms with Crippen LogP contribution < -0.4 is 9.47 Å². The Kier molecular flexibility index (Phi) is 7.02. The van der Waals surface area contributed by atoms with Gasteiger partial charge in [0.15, 0.2) is 0 Å². The Morgan fingerprint density at radius 1 is 0.923 bits per heavy atom. The quantitative estimate of drug-likeness (QED) is 0.680. The summed E-state index contributed by atoms with van der Waals surface area (Å²) in [5, 5.41) is 0. The number of hydrogen-bond donors (Lipinski definition) is 0. The molecule has 0 spiro atoms. The average molecular weight is 357 g/mol. The molecule has 0 N–H and O–H groups in total. The van der Waals surface area contributed by atoms with E-state index >= 15 is 0 Å². The van der Waals surface area contributed by atoms with Gasteiger partial charge in [0.2, 0.25) is 0 Å². The largest absolute Gasteiger partial charge is 0.497 e. The molecular formula is C20H23NO5. The summed E-state index contributed by atoms with van der Waals surface area (Å²) in [6, 6.07) is 14.5. The zero-order chi connectivity index (χ0) is 18.9. The molecule has 26 heavy (non-hydrogen) atoms. The highest BCUT2D eigenvalue weighted by atomic mass is 16.5. The summed E-state index contributed by atoms with van der Waals surface area (Å²) in [7, 11) is 4.45. The molecule has 0 aliphatic rings. The number of esters is 1. The van der Waals surface area contributed by atoms with E-state index < -0.39 is 0 Å². The van der Waals surface area contributed by atoms with Gasteiger partial charge < -0.3 is 19.1 Å². The minimum absolute atomic E-state index is 0.119. The van der Waals surface area contributed by atoms with Gasteiger partial charge in [-0.3, -0.25) is 9.59 Å². The number of carbonyl (C=O) groups is 2. The molecule has 2 aromatic rings. The second-order valence-electron chi connectivity index (χ2n) is 5.60. The van der Waals surface area contributed by atoms with Gasteiger partial charge in [-0.05, 0) is 29.8 Å². The van der Waals surface area contributed by atoms with Gasteiger partial charge in [0.05, 0.1) is 33.3 Å². The third-order valence-electron chi connectivity index (χ3n) is 3.97. The zero-order valence-electron chi connectivity index (χ0n) is 15.2. The molecule has 0 aliphatic heterocycles. The lowest BCUT2D eigenvalue weighted by Gasteiger charge is -2.23. The van der Waals surface area contributed by atoms with Crippen molar-refractivity contribution < 1.29 is 23.8 Å². The monoisotopic (exact) mass is 357 g/mol. The Balaban J connectivity index is 2.23. The van der Waals surface area contributed by atoms with Crippen LogP contribution in [0.5, 0.6) is 11.5 Å². The lowest BCUT2D eigenvalue weighted by atomic mass is 10.1. The Morgan fingerprint density at radius 3 is 2.23 bits per heavy atom. The molecular weight excluding hydrogens is 334 g/mol. The average Bonchev–Trinajstić information content (AvgIpc) is 2.70. The second-order valence-corrected chi connectivity index (χ2v) is 5.60. The summed E-state index contributed by atoms with van der Waals surface area (Å²) in [4.78, 5) is 26.2. The van der Waals surface area contributed by atoms with Crippen molar-refractivity contribution in [3.05, 3.63) is 59.7 Å². The van der Waals surface area contributed by atoms with Crippen LogP contribution >= 0.6 is 0 Å². The van der Waals surface area contributed by atoms with Crippen molar-refractivity contribution in [1.29, 1.82) is 0 Å². The van der Waals surface area contributed by atoms with Crippen molar-refractivity contribution in [1.82, 2.24) is 4.90 Å². The van der Waals surface area contributed by atoms with E-state index in [0.717, 1.165) is 11.3 Å². The molecule has 2 aromatic carbocycles. The Hall–Kier alpha value is -3.02. The van der Waals surface area contributed by atoms with Crippen molar-refractivity contribution in [2.75, 3.05) is 27.9 Å². The fraction of sp³-hybridized carbons (Fsp3) is 0.300. The van der Waals surface area contributed by atoms with Crippen molar-refractivity contribution in [2.45, 2.75) is 13.0 Å². The minimum Gasteiger partial charge on any atom is -0.497 e. The number of ether oxygens (including phenoxy) is 3. The maximum absolute atomic E-state index is 13.0. The summed E-state index contributed by atoms with van der Waals surface area (Å²) in [5.41, 5.74) is 1.38. The number of nitrogens with zero attached hydrogens (tertiary/aromatic N) is 1. The van der Waals surface area contributed by atoms with Gasteiger partial charge in [0, 0.05) is 13.1 Å². The third-order valence-corrected chi connectivity index (χ3v) is 3.97. The fourth-order valence-corrected chi connectivity index (χ4v) is 2.52. The van der Waals surface area contributed by atoms with Crippen LogP contribution in [0.1, 0.15) is 22.3 Å². The molecule has 6 nitrogen and oxygen atoms in total. The fourth-order valence-electron chi connectivity index (χ4n) is 2.52. The SMILES string of the molecule is COC(=O)CCN(Cc1ccc(OC)cc1)C(=O)c1ccccc1OC. The topological polar surface area (TPSA) is 65.1 Å². The van der Waals surface area contributed by atoms with Crippen LogP contribution in [0.3, 0.4) is 0 Å². The molecule has 0 unspecified atom stereocenters. The smallest absolute Gasteiger partial charge is 0.307 e. The number of para-hydroxylation sites is 1. The minimum atomic E-state index is -0.363. The first-order valence-electron chi connectivity index (χ1n) is 8.21. The Bertz CT molecular complexity index is 742. The molecule has 0 atom stereocenters. The van der Waals surface area contributed by atoms with Gasteiger partial charge in [-0.25, -0.2) is 0 Å². The highest BCUT2D eigenvalue weighted by molar-refractivity contribution is 5.97. The van der Waals surface area contributed by atoms with E-state index in [4.69, 9.17) is 14.2 Å². The highest BCUT2D eigenvalue weighted by Gasteiger charge is 2.20. The lowest BCUT2D eigenvalue weighted by Crippen LogP contribution is -2.33. The molecule has 138 valence electrons. The maximum atomic E-state index is 13.0. The number of amides is 1. The predicted molar refractivity (Wildman–Crippen MR) is 97.4 cm³/mol. The van der Waals surface area contributed by atoms with E-state index in [9.17, 15) is 9.59 Å². The summed E-state index contributed by atoms with van der Waals surface area (Å²) in [5.74, 6) is 0.668. The van der Waals surface area contributed by atoms with E-state index in [0.29, 0.717) is 17.9 Å². The van der Waals surface area contributed by atoms with Crippen LogP contribution in [-0.2, 0) is 16.1 Å². The summed E-state index contributed by atoms with van der Waals surface area (Å²) >= 11 is 0. The van der Waals surface area contributed by atoms with Gasteiger partial charge in [-0.1, -0.05) is 24.3 Å². The summed E-state index contributed by atoms with van der Waals surface area (Å²) in [6.45, 7) is 0.605. The zero-order valence-corrected chi connectivity index (χ0v) is 15.2. The highest BCUT2D eigenvalue weighted by Crippen LogP contribution is 2.21. The second kappa shape index (κ2) is 9.46. The standard InChI is InChI=1S/C20H23NO5/c1-24-16-10-8-15(9-11-16)14-21(13-12-19(22)26-3)20(23)17-6-4-5-7-18(17)25-2/h4-11H,12-14H2,1-3H3. The van der Waals surface area contributed by atoms with E-state index in [1.54, 1.807) is 36.3 Å². The van der Waals surface area contributed by atoms with E-state index in [-0.39, 0.29) is 24.8 Å². The number of benzene rings is 2. The molecule has 0 radical (unpaired) electrons. The molecule has 0 saturated carbocycles. The molecule has 0 saturated heterocycles. The normalized spacial score (nSPS) is 10.1. The van der Waals surface area contributed by atoms with Crippen LogP contribution in [0.4, 0.5) is 0 Å². The molecule has 0 aliphatic carbocycles. The Labute approximate surface area is 153 Å². The first-order valence-corrected chi connectivity index (χ1v) is 8.21. The van der Waals surface area contributed by atoms with Crippen LogP contribution in [0.25, 0.3) is 0 Å². The van der Waals surface area contributed by atoms with Crippen LogP contribution in [-0.4, -0.2) is 44.7 Å². The summed E-state index contributed by atoms with van der Waals surface area (Å²) in [6.07, 6.45) is 0.119. The molecule has 2 rings (SSSR count). The number of hydrogen-bond acceptors (Lipinski definition) is 5. The number of carbonyl (C=O) groups excluding carboxylic acids is 2. The van der Waals surface area contributed by atoms with Crippen molar-refractivity contribution in [3.8, 4) is 11.5 Å². The van der Waals surface area contributed by atoms with Gasteiger partial charge in [0.25, 0.3) is 5.91 Å². The van der Waals surface area contributed by atoms with Gasteiger partial charge in [-0.2, -0.15) is 0 Å². The molecule has 1 amide bonds. The van der Waals surface area contributed by atoms with Crippen LogP contribution in [0.15, 0.2) is 48.5 Å². The third kappa shape index (κ3) is 4.99. The molecule has 6 heteroatoms. The molecule has 0 bridgehead atoms. The number of methoxy groups -OCH3 is 3. The Morgan fingerprint density at radius 2 is 1.62 bits per heavy atom. The predicted octanol–water partition coefficient (Wildman–Crippen LogP) is 2.91. The molecule has 0 fully saturated rings. The maximum Gasteiger partial charge on any atom is 0.307 e. The molecule has 0 heterocycles. The van der Waals surface area contributed by atoms with Gasteiger partial charge >= 0.3 is 5.97 Å². The summed E-state index contributed by atoms with van der Waals surface area (Å²) < 4.78 is 15.1. The van der Waals surface area contributed by atoms with Gasteiger partial charge in [-0.15, -0.1) is 0 Å². The first kappa shape index (κ1) is 19.3. The van der Waals surface area contributed by atoms with E-state index in [1.807, 2.05) is 24.3 Å². The number of rotatable bonds is 8. The first-order chi connectivity index (χ1) is 12.6. The lowest BCUT2D eigenvalue weighted by molar-refractivity contribution is -0.140. The van der Waals surface area contributed by atoms with Crippen LogP contribution in [0, 0.1) is 0 Å². The van der Waals surface area contributed by atoms with E-state index in [1.165, 1.54) is 14.2 Å². The van der Waals surface area contributed by atoms with Gasteiger partial charge in [0.1, 0.15) is 11.5 Å². The van der Waals surface area contributed by atoms with Crippen molar-refractivity contribution in [3.63, 3.8) is 0 Å². The molecule has 0 aromatic heterocycles.